The highest BCUT2D eigenvalue weighted by atomic mass is 32.2. The summed E-state index contributed by atoms with van der Waals surface area (Å²) in [5.41, 5.74) is 0.0248. The van der Waals surface area contributed by atoms with Gasteiger partial charge < -0.3 is 5.11 Å². The monoisotopic (exact) mass is 276 g/mol. The van der Waals surface area contributed by atoms with Gasteiger partial charge in [0.15, 0.2) is 9.84 Å². The van der Waals surface area contributed by atoms with Crippen LogP contribution in [0.1, 0.15) is 43.6 Å². The summed E-state index contributed by atoms with van der Waals surface area (Å²) in [6, 6.07) is 3.77. The van der Waals surface area contributed by atoms with Crippen molar-refractivity contribution in [1.29, 1.82) is 0 Å². The number of aliphatic hydroxyl groups excluding tert-OH is 1. The zero-order valence-electron chi connectivity index (χ0n) is 10.9. The Morgan fingerprint density at radius 2 is 1.82 bits per heavy atom. The lowest BCUT2D eigenvalue weighted by Gasteiger charge is -2.17. The SMILES string of the molecule is CC(C(O)c1ccc(C(C)(C)C)s1)S(C)(=O)=O. The lowest BCUT2D eigenvalue weighted by molar-refractivity contribution is 0.180. The first kappa shape index (κ1) is 14.7. The molecular formula is C12H20O3S2. The summed E-state index contributed by atoms with van der Waals surface area (Å²) in [5, 5.41) is 9.27. The molecule has 98 valence electrons. The molecule has 5 heteroatoms. The maximum absolute atomic E-state index is 11.4. The Labute approximate surface area is 107 Å². The van der Waals surface area contributed by atoms with Crippen LogP contribution in [0.4, 0.5) is 0 Å². The van der Waals surface area contributed by atoms with Crippen LogP contribution < -0.4 is 0 Å². The van der Waals surface area contributed by atoms with Crippen LogP contribution in [-0.4, -0.2) is 25.0 Å². The highest BCUT2D eigenvalue weighted by Crippen LogP contribution is 2.34. The van der Waals surface area contributed by atoms with Gasteiger partial charge in [0.05, 0.1) is 5.25 Å². The summed E-state index contributed by atoms with van der Waals surface area (Å²) in [6.45, 7) is 7.81. The van der Waals surface area contributed by atoms with Gasteiger partial charge in [-0.25, -0.2) is 8.42 Å². The van der Waals surface area contributed by atoms with Gasteiger partial charge in [-0.1, -0.05) is 20.8 Å². The van der Waals surface area contributed by atoms with Crippen molar-refractivity contribution < 1.29 is 13.5 Å². The molecule has 0 aliphatic carbocycles. The van der Waals surface area contributed by atoms with Crippen molar-refractivity contribution in [3.8, 4) is 0 Å². The van der Waals surface area contributed by atoms with Crippen LogP contribution in [0.25, 0.3) is 0 Å². The average molecular weight is 276 g/mol. The number of thiophene rings is 1. The molecule has 0 aromatic carbocycles. The van der Waals surface area contributed by atoms with Gasteiger partial charge in [-0.3, -0.25) is 0 Å². The molecule has 1 N–H and O–H groups in total. The van der Waals surface area contributed by atoms with Gasteiger partial charge in [0.1, 0.15) is 6.10 Å². The number of sulfone groups is 1. The Kier molecular flexibility index (Phi) is 4.06. The van der Waals surface area contributed by atoms with Crippen LogP contribution in [0.2, 0.25) is 0 Å². The second kappa shape index (κ2) is 4.71. The fraction of sp³-hybridized carbons (Fsp3) is 0.667. The minimum absolute atomic E-state index is 0.0248. The molecule has 0 saturated heterocycles. The molecule has 0 aliphatic heterocycles. The van der Waals surface area contributed by atoms with E-state index in [2.05, 4.69) is 20.8 Å². The van der Waals surface area contributed by atoms with Crippen LogP contribution in [0.15, 0.2) is 12.1 Å². The summed E-state index contributed by atoms with van der Waals surface area (Å²) in [7, 11) is -3.22. The van der Waals surface area contributed by atoms with Gasteiger partial charge >= 0.3 is 0 Å². The van der Waals surface area contributed by atoms with E-state index in [0.29, 0.717) is 4.88 Å². The number of hydrogen-bond donors (Lipinski definition) is 1. The first-order valence-corrected chi connectivity index (χ1v) is 8.27. The number of aliphatic hydroxyl groups is 1. The van der Waals surface area contributed by atoms with Gasteiger partial charge in [-0.15, -0.1) is 11.3 Å². The van der Waals surface area contributed by atoms with E-state index in [0.717, 1.165) is 11.1 Å². The molecule has 0 amide bonds. The smallest absolute Gasteiger partial charge is 0.152 e. The van der Waals surface area contributed by atoms with E-state index in [1.54, 1.807) is 0 Å². The van der Waals surface area contributed by atoms with Crippen molar-refractivity contribution in [2.45, 2.75) is 44.5 Å². The summed E-state index contributed by atoms with van der Waals surface area (Å²) >= 11 is 1.48. The minimum Gasteiger partial charge on any atom is -0.386 e. The van der Waals surface area contributed by atoms with E-state index in [4.69, 9.17) is 0 Å². The van der Waals surface area contributed by atoms with Crippen molar-refractivity contribution in [3.63, 3.8) is 0 Å². The van der Waals surface area contributed by atoms with Crippen molar-refractivity contribution in [1.82, 2.24) is 0 Å². The normalized spacial score (nSPS) is 16.8. The Morgan fingerprint density at radius 3 is 2.18 bits per heavy atom. The maximum atomic E-state index is 11.4. The van der Waals surface area contributed by atoms with E-state index in [1.807, 2.05) is 12.1 Å². The molecule has 0 saturated carbocycles. The van der Waals surface area contributed by atoms with Gasteiger partial charge in [0, 0.05) is 16.0 Å². The Hall–Kier alpha value is -0.390. The maximum Gasteiger partial charge on any atom is 0.152 e. The molecule has 1 aromatic heterocycles. The Bertz CT molecular complexity index is 480. The fourth-order valence-corrected chi connectivity index (χ4v) is 3.24. The molecule has 1 aromatic rings. The lowest BCUT2D eigenvalue weighted by Crippen LogP contribution is -2.23. The van der Waals surface area contributed by atoms with Crippen molar-refractivity contribution in [2.75, 3.05) is 6.26 Å². The number of rotatable bonds is 3. The van der Waals surface area contributed by atoms with E-state index < -0.39 is 21.2 Å². The zero-order chi connectivity index (χ0) is 13.4. The van der Waals surface area contributed by atoms with Gasteiger partial charge in [0.25, 0.3) is 0 Å². The molecule has 0 fully saturated rings. The van der Waals surface area contributed by atoms with Crippen molar-refractivity contribution >= 4 is 21.2 Å². The minimum atomic E-state index is -3.22. The first-order chi connectivity index (χ1) is 7.53. The molecule has 0 radical (unpaired) electrons. The van der Waals surface area contributed by atoms with Crippen LogP contribution in [-0.2, 0) is 15.3 Å². The molecule has 1 rings (SSSR count). The third-order valence-electron chi connectivity index (χ3n) is 2.78. The topological polar surface area (TPSA) is 54.4 Å². The first-order valence-electron chi connectivity index (χ1n) is 5.50. The molecule has 0 bridgehead atoms. The number of hydrogen-bond acceptors (Lipinski definition) is 4. The van der Waals surface area contributed by atoms with Gasteiger partial charge in [-0.05, 0) is 24.5 Å². The molecule has 3 nitrogen and oxygen atoms in total. The molecule has 2 atom stereocenters. The summed E-state index contributed by atoms with van der Waals surface area (Å²) in [6.07, 6.45) is 0.213. The summed E-state index contributed by atoms with van der Waals surface area (Å²) in [5.74, 6) is 0. The lowest BCUT2D eigenvalue weighted by atomic mass is 9.95. The quantitative estimate of drug-likeness (QED) is 0.923. The molecule has 0 aliphatic rings. The highest BCUT2D eigenvalue weighted by Gasteiger charge is 2.27. The van der Waals surface area contributed by atoms with Crippen LogP contribution in [0.3, 0.4) is 0 Å². The molecule has 1 heterocycles. The van der Waals surface area contributed by atoms with Gasteiger partial charge in [-0.2, -0.15) is 0 Å². The zero-order valence-corrected chi connectivity index (χ0v) is 12.5. The fourth-order valence-electron chi connectivity index (χ4n) is 1.38. The summed E-state index contributed by atoms with van der Waals surface area (Å²) in [4.78, 5) is 1.86. The van der Waals surface area contributed by atoms with E-state index in [9.17, 15) is 13.5 Å². The average Bonchev–Trinajstić information content (AvgIpc) is 2.61. The van der Waals surface area contributed by atoms with Crippen LogP contribution in [0.5, 0.6) is 0 Å². The second-order valence-electron chi connectivity index (χ2n) is 5.43. The molecular weight excluding hydrogens is 256 g/mol. The largest absolute Gasteiger partial charge is 0.386 e. The van der Waals surface area contributed by atoms with E-state index >= 15 is 0 Å². The Balaban J connectivity index is 2.99. The van der Waals surface area contributed by atoms with Crippen molar-refractivity contribution in [3.05, 3.63) is 21.9 Å². The third-order valence-corrected chi connectivity index (χ3v) is 5.97. The molecule has 17 heavy (non-hydrogen) atoms. The van der Waals surface area contributed by atoms with Crippen LogP contribution >= 0.6 is 11.3 Å². The Morgan fingerprint density at radius 1 is 1.29 bits per heavy atom. The summed E-state index contributed by atoms with van der Waals surface area (Å²) < 4.78 is 22.8. The predicted molar refractivity (Wildman–Crippen MR) is 72.3 cm³/mol. The second-order valence-corrected chi connectivity index (χ2v) is 8.95. The third kappa shape index (κ3) is 3.53. The highest BCUT2D eigenvalue weighted by molar-refractivity contribution is 7.91. The standard InChI is InChI=1S/C12H20O3S2/c1-8(17(5,14)15)11(13)9-6-7-10(16-9)12(2,3)4/h6-8,11,13H,1-5H3. The van der Waals surface area contributed by atoms with Crippen molar-refractivity contribution in [2.24, 2.45) is 0 Å². The van der Waals surface area contributed by atoms with E-state index in [1.165, 1.54) is 18.3 Å². The predicted octanol–water partition coefficient (Wildman–Crippen LogP) is 2.51. The van der Waals surface area contributed by atoms with E-state index in [-0.39, 0.29) is 5.41 Å². The molecule has 2 unspecified atom stereocenters. The van der Waals surface area contributed by atoms with Gasteiger partial charge in [0.2, 0.25) is 0 Å². The molecule has 0 spiro atoms. The van der Waals surface area contributed by atoms with Crippen LogP contribution in [0, 0.1) is 0 Å².